The fourth-order valence-electron chi connectivity index (χ4n) is 3.27. The molecule has 3 aromatic rings. The van der Waals surface area contributed by atoms with Crippen LogP contribution in [0.5, 0.6) is 0 Å². The van der Waals surface area contributed by atoms with Gasteiger partial charge in [-0.2, -0.15) is 10.2 Å². The largest absolute Gasteiger partial charge is 0.354 e. The number of nitrogens with one attached hydrogen (secondary N) is 2. The highest BCUT2D eigenvalue weighted by Crippen LogP contribution is 2.14. The van der Waals surface area contributed by atoms with E-state index in [9.17, 15) is 0 Å². The number of aliphatic imine (C=N–C) groups is 1. The van der Waals surface area contributed by atoms with Gasteiger partial charge in [-0.3, -0.25) is 9.67 Å². The van der Waals surface area contributed by atoms with Gasteiger partial charge < -0.3 is 10.6 Å². The van der Waals surface area contributed by atoms with Crippen LogP contribution < -0.4 is 10.6 Å². The van der Waals surface area contributed by atoms with Crippen LogP contribution in [0.4, 0.5) is 0 Å². The number of rotatable bonds is 6. The summed E-state index contributed by atoms with van der Waals surface area (Å²) in [5, 5.41) is 15.6. The normalized spacial score (nSPS) is 12.8. The second-order valence-electron chi connectivity index (χ2n) is 7.07. The Morgan fingerprint density at radius 2 is 1.96 bits per heavy atom. The second kappa shape index (κ2) is 8.73. The Balaban J connectivity index is 1.54. The number of nitrogens with zero attached hydrogens (tertiary/aromatic N) is 5. The van der Waals surface area contributed by atoms with Crippen LogP contribution in [0, 0.1) is 13.8 Å². The first-order chi connectivity index (χ1) is 13.5. The molecule has 0 saturated carbocycles. The Kier molecular flexibility index (Phi) is 6.13. The van der Waals surface area contributed by atoms with Crippen molar-refractivity contribution in [3.63, 3.8) is 0 Å². The van der Waals surface area contributed by atoms with Crippen LogP contribution in [0.3, 0.4) is 0 Å². The van der Waals surface area contributed by atoms with Crippen LogP contribution in [0.15, 0.2) is 47.7 Å². The van der Waals surface area contributed by atoms with E-state index < -0.39 is 0 Å². The summed E-state index contributed by atoms with van der Waals surface area (Å²) in [5.74, 6) is 0.794. The Hall–Kier alpha value is -3.09. The quantitative estimate of drug-likeness (QED) is 0.510. The molecule has 7 heteroatoms. The van der Waals surface area contributed by atoms with Gasteiger partial charge in [0, 0.05) is 44.8 Å². The number of benzene rings is 1. The van der Waals surface area contributed by atoms with Crippen LogP contribution in [0.2, 0.25) is 0 Å². The summed E-state index contributed by atoms with van der Waals surface area (Å²) in [6.45, 7) is 7.05. The predicted octanol–water partition coefficient (Wildman–Crippen LogP) is 2.52. The third-order valence-corrected chi connectivity index (χ3v) is 4.94. The van der Waals surface area contributed by atoms with Crippen molar-refractivity contribution in [1.82, 2.24) is 30.2 Å². The topological polar surface area (TPSA) is 72.1 Å². The Bertz CT molecular complexity index is 921. The molecular formula is C21H29N7. The molecule has 3 rings (SSSR count). The average Bonchev–Trinajstić information content (AvgIpc) is 3.30. The van der Waals surface area contributed by atoms with E-state index in [1.54, 1.807) is 13.2 Å². The van der Waals surface area contributed by atoms with Gasteiger partial charge in [-0.05, 0) is 56.5 Å². The predicted molar refractivity (Wildman–Crippen MR) is 113 cm³/mol. The first kappa shape index (κ1) is 19.7. The van der Waals surface area contributed by atoms with E-state index in [0.717, 1.165) is 23.8 Å². The van der Waals surface area contributed by atoms with Crippen molar-refractivity contribution in [1.29, 1.82) is 0 Å². The zero-order chi connectivity index (χ0) is 20.1. The van der Waals surface area contributed by atoms with E-state index in [0.29, 0.717) is 6.54 Å². The van der Waals surface area contributed by atoms with Gasteiger partial charge in [0.05, 0.1) is 11.4 Å². The summed E-state index contributed by atoms with van der Waals surface area (Å²) in [7, 11) is 3.78. The summed E-state index contributed by atoms with van der Waals surface area (Å²) in [4.78, 5) is 4.35. The fourth-order valence-corrected chi connectivity index (χ4v) is 3.27. The van der Waals surface area contributed by atoms with E-state index in [-0.39, 0.29) is 6.04 Å². The van der Waals surface area contributed by atoms with Gasteiger partial charge in [-0.1, -0.05) is 12.1 Å². The molecule has 2 heterocycles. The minimum absolute atomic E-state index is 0.245. The summed E-state index contributed by atoms with van der Waals surface area (Å²) >= 11 is 0. The van der Waals surface area contributed by atoms with Gasteiger partial charge in [0.25, 0.3) is 0 Å². The van der Waals surface area contributed by atoms with Gasteiger partial charge in [0.2, 0.25) is 0 Å². The number of hydrogen-bond donors (Lipinski definition) is 2. The number of aryl methyl sites for hydroxylation is 2. The molecule has 0 fully saturated rings. The molecule has 0 spiro atoms. The molecule has 28 heavy (non-hydrogen) atoms. The van der Waals surface area contributed by atoms with Crippen molar-refractivity contribution in [2.45, 2.75) is 39.8 Å². The monoisotopic (exact) mass is 379 g/mol. The Morgan fingerprint density at radius 1 is 1.21 bits per heavy atom. The zero-order valence-corrected chi connectivity index (χ0v) is 17.3. The molecule has 2 aromatic heterocycles. The van der Waals surface area contributed by atoms with E-state index in [2.05, 4.69) is 70.9 Å². The van der Waals surface area contributed by atoms with E-state index in [1.807, 2.05) is 28.7 Å². The van der Waals surface area contributed by atoms with Gasteiger partial charge >= 0.3 is 0 Å². The summed E-state index contributed by atoms with van der Waals surface area (Å²) in [6, 6.07) is 10.5. The van der Waals surface area contributed by atoms with Crippen LogP contribution >= 0.6 is 0 Å². The highest BCUT2D eigenvalue weighted by atomic mass is 15.3. The molecule has 0 aliphatic heterocycles. The standard InChI is InChI=1S/C21H29N7/c1-15(13-20-16(2)26-27(5)17(20)3)25-21(22-4)23-14-18-7-9-19(10-8-18)28-12-6-11-24-28/h6-12,15H,13-14H2,1-5H3,(H2,22,23,25). The molecule has 0 bridgehead atoms. The smallest absolute Gasteiger partial charge is 0.191 e. The first-order valence-electron chi connectivity index (χ1n) is 9.53. The third kappa shape index (κ3) is 4.60. The van der Waals surface area contributed by atoms with E-state index >= 15 is 0 Å². The molecule has 148 valence electrons. The maximum Gasteiger partial charge on any atom is 0.191 e. The van der Waals surface area contributed by atoms with Crippen molar-refractivity contribution in [2.24, 2.45) is 12.0 Å². The molecule has 0 amide bonds. The van der Waals surface area contributed by atoms with Crippen molar-refractivity contribution in [3.05, 3.63) is 65.2 Å². The second-order valence-corrected chi connectivity index (χ2v) is 7.07. The Labute approximate surface area is 166 Å². The molecule has 0 radical (unpaired) electrons. The van der Waals surface area contributed by atoms with Crippen LogP contribution in [-0.4, -0.2) is 38.6 Å². The molecule has 1 unspecified atom stereocenters. The lowest BCUT2D eigenvalue weighted by Gasteiger charge is -2.18. The lowest BCUT2D eigenvalue weighted by atomic mass is 10.1. The van der Waals surface area contributed by atoms with E-state index in [4.69, 9.17) is 0 Å². The highest BCUT2D eigenvalue weighted by Gasteiger charge is 2.14. The molecule has 7 nitrogen and oxygen atoms in total. The van der Waals surface area contributed by atoms with Crippen molar-refractivity contribution >= 4 is 5.96 Å². The minimum Gasteiger partial charge on any atom is -0.354 e. The minimum atomic E-state index is 0.245. The maximum absolute atomic E-state index is 4.50. The lowest BCUT2D eigenvalue weighted by molar-refractivity contribution is 0.635. The van der Waals surface area contributed by atoms with Gasteiger partial charge in [0.1, 0.15) is 0 Å². The Morgan fingerprint density at radius 3 is 2.54 bits per heavy atom. The van der Waals surface area contributed by atoms with Crippen molar-refractivity contribution < 1.29 is 0 Å². The summed E-state index contributed by atoms with van der Waals surface area (Å²) in [6.07, 6.45) is 4.62. The third-order valence-electron chi connectivity index (χ3n) is 4.94. The molecule has 0 aliphatic rings. The van der Waals surface area contributed by atoms with E-state index in [1.165, 1.54) is 16.8 Å². The van der Waals surface area contributed by atoms with Crippen LogP contribution in [0.1, 0.15) is 29.4 Å². The number of aromatic nitrogens is 4. The SMILES string of the molecule is CN=C(NCc1ccc(-n2cccn2)cc1)NC(C)Cc1c(C)nn(C)c1C. The summed E-state index contributed by atoms with van der Waals surface area (Å²) in [5.41, 5.74) is 5.84. The molecule has 0 aliphatic carbocycles. The van der Waals surface area contributed by atoms with Crippen LogP contribution in [-0.2, 0) is 20.0 Å². The van der Waals surface area contributed by atoms with Crippen LogP contribution in [0.25, 0.3) is 5.69 Å². The summed E-state index contributed by atoms with van der Waals surface area (Å²) < 4.78 is 3.79. The molecular weight excluding hydrogens is 350 g/mol. The molecule has 1 atom stereocenters. The van der Waals surface area contributed by atoms with Crippen molar-refractivity contribution in [3.8, 4) is 5.69 Å². The number of guanidine groups is 1. The highest BCUT2D eigenvalue weighted by molar-refractivity contribution is 5.79. The zero-order valence-electron chi connectivity index (χ0n) is 17.3. The average molecular weight is 380 g/mol. The molecule has 2 N–H and O–H groups in total. The lowest BCUT2D eigenvalue weighted by Crippen LogP contribution is -2.42. The van der Waals surface area contributed by atoms with Gasteiger partial charge in [0.15, 0.2) is 5.96 Å². The fraction of sp³-hybridized carbons (Fsp3) is 0.381. The van der Waals surface area contributed by atoms with Gasteiger partial charge in [-0.25, -0.2) is 4.68 Å². The molecule has 0 saturated heterocycles. The molecule has 1 aromatic carbocycles. The maximum atomic E-state index is 4.50. The number of hydrogen-bond acceptors (Lipinski definition) is 3. The van der Waals surface area contributed by atoms with Crippen molar-refractivity contribution in [2.75, 3.05) is 7.05 Å². The first-order valence-corrected chi connectivity index (χ1v) is 9.53. The van der Waals surface area contributed by atoms with Gasteiger partial charge in [-0.15, -0.1) is 0 Å².